The lowest BCUT2D eigenvalue weighted by atomic mass is 10.1. The molecule has 1 fully saturated rings. The quantitative estimate of drug-likeness (QED) is 0.839. The van der Waals surface area contributed by atoms with Gasteiger partial charge in [0.1, 0.15) is 17.5 Å². The van der Waals surface area contributed by atoms with Gasteiger partial charge < -0.3 is 24.2 Å². The highest BCUT2D eigenvalue weighted by atomic mass is 16.5. The van der Waals surface area contributed by atoms with E-state index in [0.717, 1.165) is 0 Å². The number of amides is 1. The average molecular weight is 323 g/mol. The van der Waals surface area contributed by atoms with Crippen LogP contribution in [-0.4, -0.2) is 61.9 Å². The normalized spacial score (nSPS) is 20.4. The van der Waals surface area contributed by atoms with E-state index in [1.54, 1.807) is 18.2 Å². The molecule has 0 radical (unpaired) electrons. The van der Waals surface area contributed by atoms with Crippen LogP contribution < -0.4 is 9.47 Å². The summed E-state index contributed by atoms with van der Waals surface area (Å²) in [6.45, 7) is 0.276. The third-order valence-electron chi connectivity index (χ3n) is 4.03. The van der Waals surface area contributed by atoms with Crippen molar-refractivity contribution in [3.8, 4) is 11.5 Å². The van der Waals surface area contributed by atoms with Crippen LogP contribution in [0.2, 0.25) is 0 Å². The van der Waals surface area contributed by atoms with Crippen LogP contribution in [0, 0.1) is 0 Å². The van der Waals surface area contributed by atoms with Crippen LogP contribution in [0.25, 0.3) is 0 Å². The Kier molecular flexibility index (Phi) is 5.44. The predicted octanol–water partition coefficient (Wildman–Crippen LogP) is 0.947. The van der Waals surface area contributed by atoms with E-state index in [4.69, 9.17) is 14.2 Å². The summed E-state index contributed by atoms with van der Waals surface area (Å²) in [5, 5.41) is 9.30. The van der Waals surface area contributed by atoms with Crippen molar-refractivity contribution in [2.45, 2.75) is 25.0 Å². The van der Waals surface area contributed by atoms with Crippen molar-refractivity contribution >= 4 is 11.9 Å². The van der Waals surface area contributed by atoms with Crippen molar-refractivity contribution in [1.82, 2.24) is 4.90 Å². The fraction of sp³-hybridized carbons (Fsp3) is 0.500. The van der Waals surface area contributed by atoms with Crippen molar-refractivity contribution in [1.29, 1.82) is 0 Å². The number of benzene rings is 1. The second-order valence-electron chi connectivity index (χ2n) is 5.35. The van der Waals surface area contributed by atoms with Crippen LogP contribution in [0.4, 0.5) is 0 Å². The van der Waals surface area contributed by atoms with Crippen molar-refractivity contribution in [2.24, 2.45) is 0 Å². The highest BCUT2D eigenvalue weighted by Crippen LogP contribution is 2.27. The number of likely N-dealkylation sites (tertiary alicyclic amines) is 1. The maximum absolute atomic E-state index is 12.6. The van der Waals surface area contributed by atoms with Gasteiger partial charge in [-0.05, 0) is 18.2 Å². The van der Waals surface area contributed by atoms with Crippen molar-refractivity contribution in [2.75, 3.05) is 27.9 Å². The number of carbonyl (C=O) groups excluding carboxylic acids is 1. The van der Waals surface area contributed by atoms with Gasteiger partial charge in [-0.1, -0.05) is 0 Å². The lowest BCUT2D eigenvalue weighted by Crippen LogP contribution is -2.41. The molecule has 1 aromatic rings. The number of hydrogen-bond donors (Lipinski definition) is 1. The third kappa shape index (κ3) is 3.73. The third-order valence-corrected chi connectivity index (χ3v) is 4.03. The molecule has 1 aliphatic heterocycles. The summed E-state index contributed by atoms with van der Waals surface area (Å²) >= 11 is 0. The van der Waals surface area contributed by atoms with Crippen LogP contribution in [0.3, 0.4) is 0 Å². The Morgan fingerprint density at radius 3 is 2.57 bits per heavy atom. The number of methoxy groups -OCH3 is 3. The van der Waals surface area contributed by atoms with E-state index in [0.29, 0.717) is 23.5 Å². The smallest absolute Gasteiger partial charge is 0.326 e. The van der Waals surface area contributed by atoms with E-state index in [1.165, 1.54) is 26.2 Å². The summed E-state index contributed by atoms with van der Waals surface area (Å²) in [5.41, 5.74) is 0.654. The van der Waals surface area contributed by atoms with Gasteiger partial charge in [-0.2, -0.15) is 0 Å². The Morgan fingerprint density at radius 1 is 1.26 bits per heavy atom. The lowest BCUT2D eigenvalue weighted by Gasteiger charge is -2.22. The van der Waals surface area contributed by atoms with Gasteiger partial charge in [-0.3, -0.25) is 4.79 Å². The molecule has 2 rings (SSSR count). The molecule has 2 atom stereocenters. The standard InChI is InChI=1S/C16H21NO6/c1-21-11-4-5-14(23-3)10(6-11)7-15(18)17-9-12(22-2)8-13(17)16(19)20/h4-6,12-13H,7-9H2,1-3H3,(H,19,20). The van der Waals surface area contributed by atoms with Gasteiger partial charge in [0.2, 0.25) is 5.91 Å². The number of carbonyl (C=O) groups is 2. The summed E-state index contributed by atoms with van der Waals surface area (Å²) < 4.78 is 15.6. The molecule has 0 aromatic heterocycles. The first-order chi connectivity index (χ1) is 11.0. The van der Waals surface area contributed by atoms with Crippen molar-refractivity contribution < 1.29 is 28.9 Å². The molecule has 1 saturated heterocycles. The minimum atomic E-state index is -1.02. The van der Waals surface area contributed by atoms with Gasteiger partial charge in [0, 0.05) is 25.6 Å². The number of nitrogens with zero attached hydrogens (tertiary/aromatic N) is 1. The zero-order valence-corrected chi connectivity index (χ0v) is 13.4. The minimum Gasteiger partial charge on any atom is -0.497 e. The fourth-order valence-electron chi connectivity index (χ4n) is 2.76. The topological polar surface area (TPSA) is 85.3 Å². The highest BCUT2D eigenvalue weighted by Gasteiger charge is 2.39. The first-order valence-corrected chi connectivity index (χ1v) is 7.26. The maximum atomic E-state index is 12.6. The zero-order chi connectivity index (χ0) is 17.0. The molecule has 7 heteroatoms. The number of carboxylic acid groups (broad SMARTS) is 1. The van der Waals surface area contributed by atoms with E-state index in [9.17, 15) is 14.7 Å². The number of carboxylic acids is 1. The van der Waals surface area contributed by atoms with Gasteiger partial charge in [0.25, 0.3) is 0 Å². The Balaban J connectivity index is 2.19. The number of rotatable bonds is 6. The van der Waals surface area contributed by atoms with Crippen LogP contribution >= 0.6 is 0 Å². The first kappa shape index (κ1) is 17.1. The Morgan fingerprint density at radius 2 is 2.00 bits per heavy atom. The van der Waals surface area contributed by atoms with E-state index in [2.05, 4.69) is 0 Å². The summed E-state index contributed by atoms with van der Waals surface area (Å²) in [4.78, 5) is 25.3. The van der Waals surface area contributed by atoms with Gasteiger partial charge >= 0.3 is 5.97 Å². The maximum Gasteiger partial charge on any atom is 0.326 e. The Labute approximate surface area is 134 Å². The molecular weight excluding hydrogens is 302 g/mol. The molecule has 7 nitrogen and oxygen atoms in total. The second-order valence-corrected chi connectivity index (χ2v) is 5.35. The number of aliphatic carboxylic acids is 1. The molecule has 1 N–H and O–H groups in total. The van der Waals surface area contributed by atoms with E-state index in [1.807, 2.05) is 0 Å². The van der Waals surface area contributed by atoms with Crippen LogP contribution in [0.5, 0.6) is 11.5 Å². The van der Waals surface area contributed by atoms with Crippen molar-refractivity contribution in [3.63, 3.8) is 0 Å². The van der Waals surface area contributed by atoms with Crippen LogP contribution in [0.15, 0.2) is 18.2 Å². The van der Waals surface area contributed by atoms with Crippen LogP contribution in [0.1, 0.15) is 12.0 Å². The fourth-order valence-corrected chi connectivity index (χ4v) is 2.76. The molecule has 1 heterocycles. The summed E-state index contributed by atoms with van der Waals surface area (Å²) in [6.07, 6.45) is 0.0835. The van der Waals surface area contributed by atoms with Gasteiger partial charge in [0.15, 0.2) is 0 Å². The van der Waals surface area contributed by atoms with Gasteiger partial charge in [-0.25, -0.2) is 4.79 Å². The predicted molar refractivity (Wildman–Crippen MR) is 81.8 cm³/mol. The van der Waals surface area contributed by atoms with Crippen molar-refractivity contribution in [3.05, 3.63) is 23.8 Å². The lowest BCUT2D eigenvalue weighted by molar-refractivity contribution is -0.148. The summed E-state index contributed by atoms with van der Waals surface area (Å²) in [7, 11) is 4.58. The second kappa shape index (κ2) is 7.32. The molecule has 0 saturated carbocycles. The molecular formula is C16H21NO6. The van der Waals surface area contributed by atoms with E-state index >= 15 is 0 Å². The Hall–Kier alpha value is -2.28. The average Bonchev–Trinajstić information content (AvgIpc) is 2.99. The molecule has 126 valence electrons. The van der Waals surface area contributed by atoms with E-state index < -0.39 is 12.0 Å². The molecule has 2 unspecified atom stereocenters. The molecule has 0 spiro atoms. The number of ether oxygens (including phenoxy) is 3. The molecule has 1 amide bonds. The summed E-state index contributed by atoms with van der Waals surface area (Å²) in [6, 6.07) is 4.32. The molecule has 1 aromatic carbocycles. The van der Waals surface area contributed by atoms with Crippen LogP contribution in [-0.2, 0) is 20.7 Å². The van der Waals surface area contributed by atoms with Gasteiger partial charge in [-0.15, -0.1) is 0 Å². The van der Waals surface area contributed by atoms with Gasteiger partial charge in [0.05, 0.1) is 26.7 Å². The highest BCUT2D eigenvalue weighted by molar-refractivity contribution is 5.86. The number of hydrogen-bond acceptors (Lipinski definition) is 5. The molecule has 1 aliphatic rings. The monoisotopic (exact) mass is 323 g/mol. The molecule has 23 heavy (non-hydrogen) atoms. The minimum absolute atomic E-state index is 0.0422. The SMILES string of the molecule is COc1ccc(OC)c(CC(=O)N2CC(OC)CC2C(=O)O)c1. The molecule has 0 aliphatic carbocycles. The molecule has 0 bridgehead atoms. The first-order valence-electron chi connectivity index (χ1n) is 7.26. The summed E-state index contributed by atoms with van der Waals surface area (Å²) in [5.74, 6) is -0.118. The Bertz CT molecular complexity index is 588. The van der Waals surface area contributed by atoms with E-state index in [-0.39, 0.29) is 25.0 Å². The zero-order valence-electron chi connectivity index (χ0n) is 13.4. The largest absolute Gasteiger partial charge is 0.497 e.